The molecule has 2 saturated carbocycles. The highest BCUT2D eigenvalue weighted by Crippen LogP contribution is 2.60. The zero-order valence-corrected chi connectivity index (χ0v) is 16.7. The van der Waals surface area contributed by atoms with Crippen molar-refractivity contribution in [3.8, 4) is 0 Å². The zero-order valence-electron chi connectivity index (χ0n) is 16.7. The molecular formula is C26H28O3. The fraction of sp³-hybridized carbons (Fsp3) is 0.423. The summed E-state index contributed by atoms with van der Waals surface area (Å²) in [5, 5.41) is 11.3. The summed E-state index contributed by atoms with van der Waals surface area (Å²) in [6, 6.07) is 20.1. The Hall–Kier alpha value is -2.23. The summed E-state index contributed by atoms with van der Waals surface area (Å²) in [4.78, 5) is 13.8. The van der Waals surface area contributed by atoms with Gasteiger partial charge in [0.2, 0.25) is 0 Å². The molecule has 2 aromatic rings. The van der Waals surface area contributed by atoms with Crippen molar-refractivity contribution < 1.29 is 14.6 Å². The van der Waals surface area contributed by atoms with Gasteiger partial charge in [-0.2, -0.15) is 0 Å². The Labute approximate surface area is 172 Å². The lowest BCUT2D eigenvalue weighted by atomic mass is 9.63. The van der Waals surface area contributed by atoms with Crippen LogP contribution < -0.4 is 0 Å². The number of aliphatic hydroxyl groups is 1. The number of carbonyl (C=O) groups excluding carboxylic acids is 1. The number of hydrogen-bond donors (Lipinski definition) is 1. The largest absolute Gasteiger partial charge is 0.365 e. The first kappa shape index (κ1) is 18.8. The van der Waals surface area contributed by atoms with Crippen LogP contribution in [-0.4, -0.2) is 16.7 Å². The number of benzene rings is 2. The SMILES string of the molecule is O=C1/C(=C/c2ccccc2)CC[C@@]12C[C@@H]1CCCC[C@]1(O)O[C@@H]2c1ccccc1. The van der Waals surface area contributed by atoms with Crippen LogP contribution in [0.2, 0.25) is 0 Å². The Morgan fingerprint density at radius 3 is 2.45 bits per heavy atom. The summed E-state index contributed by atoms with van der Waals surface area (Å²) < 4.78 is 6.48. The molecule has 2 aliphatic carbocycles. The van der Waals surface area contributed by atoms with Crippen LogP contribution in [-0.2, 0) is 9.53 Å². The number of fused-ring (bicyclic) bond motifs is 1. The van der Waals surface area contributed by atoms with Gasteiger partial charge < -0.3 is 9.84 Å². The first-order chi connectivity index (χ1) is 14.1. The molecule has 0 radical (unpaired) electrons. The monoisotopic (exact) mass is 388 g/mol. The minimum Gasteiger partial charge on any atom is -0.365 e. The smallest absolute Gasteiger partial charge is 0.169 e. The molecule has 1 saturated heterocycles. The van der Waals surface area contributed by atoms with E-state index in [4.69, 9.17) is 4.74 Å². The molecule has 3 nitrogen and oxygen atoms in total. The van der Waals surface area contributed by atoms with Gasteiger partial charge in [0.1, 0.15) is 0 Å². The number of rotatable bonds is 2. The summed E-state index contributed by atoms with van der Waals surface area (Å²) in [6.45, 7) is 0. The maximum atomic E-state index is 13.8. The molecule has 1 heterocycles. The first-order valence-electron chi connectivity index (χ1n) is 10.9. The van der Waals surface area contributed by atoms with Crippen molar-refractivity contribution in [2.45, 2.75) is 56.8 Å². The van der Waals surface area contributed by atoms with Crippen molar-refractivity contribution in [3.05, 3.63) is 77.4 Å². The Morgan fingerprint density at radius 2 is 1.69 bits per heavy atom. The van der Waals surface area contributed by atoms with Crippen molar-refractivity contribution in [2.75, 3.05) is 0 Å². The quantitative estimate of drug-likeness (QED) is 0.695. The van der Waals surface area contributed by atoms with Crippen LogP contribution in [0.5, 0.6) is 0 Å². The third kappa shape index (κ3) is 3.17. The van der Waals surface area contributed by atoms with Gasteiger partial charge in [-0.15, -0.1) is 0 Å². The summed E-state index contributed by atoms with van der Waals surface area (Å²) in [5.41, 5.74) is 2.38. The minimum atomic E-state index is -1.10. The van der Waals surface area contributed by atoms with Gasteiger partial charge in [0, 0.05) is 12.3 Å². The van der Waals surface area contributed by atoms with Gasteiger partial charge in [0.05, 0.1) is 11.5 Å². The Morgan fingerprint density at radius 1 is 0.966 bits per heavy atom. The summed E-state index contributed by atoms with van der Waals surface area (Å²) in [5.74, 6) is -0.852. The number of carbonyl (C=O) groups is 1. The van der Waals surface area contributed by atoms with Crippen LogP contribution in [0.25, 0.3) is 6.08 Å². The van der Waals surface area contributed by atoms with Crippen molar-refractivity contribution in [2.24, 2.45) is 11.3 Å². The predicted octanol–water partition coefficient (Wildman–Crippen LogP) is 5.46. The number of hydrogen-bond acceptors (Lipinski definition) is 3. The van der Waals surface area contributed by atoms with Gasteiger partial charge in [-0.3, -0.25) is 4.79 Å². The highest BCUT2D eigenvalue weighted by Gasteiger charge is 2.61. The molecule has 0 aromatic heterocycles. The Bertz CT molecular complexity index is 919. The highest BCUT2D eigenvalue weighted by atomic mass is 16.6. The van der Waals surface area contributed by atoms with Crippen molar-refractivity contribution in [3.63, 3.8) is 0 Å². The van der Waals surface area contributed by atoms with Gasteiger partial charge in [-0.25, -0.2) is 0 Å². The number of Topliss-reactive ketones (excluding diaryl/α,β-unsaturated/α-hetero) is 1. The third-order valence-corrected chi connectivity index (χ3v) is 7.24. The summed E-state index contributed by atoms with van der Waals surface area (Å²) >= 11 is 0. The standard InChI is InChI=1S/C26H28O3/c27-23-21(17-19-9-3-1-4-10-19)14-16-25(23)18-22-13-7-8-15-26(22,28)29-24(25)20-11-5-2-6-12-20/h1-6,9-12,17,22,24,28H,7-8,13-16,18H2/b21-17+/t22-,24+,25+,26-/m0/s1. The molecule has 5 rings (SSSR count). The van der Waals surface area contributed by atoms with Gasteiger partial charge in [0.25, 0.3) is 0 Å². The van der Waals surface area contributed by atoms with Crippen LogP contribution in [0, 0.1) is 11.3 Å². The molecule has 3 aliphatic rings. The molecule has 1 aliphatic heterocycles. The summed E-state index contributed by atoms with van der Waals surface area (Å²) in [6.07, 6.45) is 7.61. The predicted molar refractivity (Wildman–Crippen MR) is 113 cm³/mol. The zero-order chi connectivity index (χ0) is 19.9. The number of ketones is 1. The average molecular weight is 389 g/mol. The molecule has 4 atom stereocenters. The van der Waals surface area contributed by atoms with E-state index in [-0.39, 0.29) is 11.7 Å². The molecule has 2 aromatic carbocycles. The second kappa shape index (κ2) is 7.23. The molecule has 3 fully saturated rings. The molecule has 0 bridgehead atoms. The molecule has 150 valence electrons. The molecular weight excluding hydrogens is 360 g/mol. The van der Waals surface area contributed by atoms with Gasteiger partial charge >= 0.3 is 0 Å². The average Bonchev–Trinajstić information content (AvgIpc) is 3.05. The second-order valence-corrected chi connectivity index (χ2v) is 8.97. The molecule has 0 unspecified atom stereocenters. The molecule has 1 N–H and O–H groups in total. The normalized spacial score (nSPS) is 35.8. The molecule has 0 amide bonds. The van der Waals surface area contributed by atoms with Gasteiger partial charge in [-0.1, -0.05) is 67.1 Å². The lowest BCUT2D eigenvalue weighted by molar-refractivity contribution is -0.323. The van der Waals surface area contributed by atoms with Gasteiger partial charge in [-0.05, 0) is 54.9 Å². The van der Waals surface area contributed by atoms with E-state index in [1.54, 1.807) is 0 Å². The minimum absolute atomic E-state index is 0.0382. The van der Waals surface area contributed by atoms with E-state index in [2.05, 4.69) is 0 Å². The van der Waals surface area contributed by atoms with E-state index < -0.39 is 17.3 Å². The van der Waals surface area contributed by atoms with Crippen molar-refractivity contribution in [1.82, 2.24) is 0 Å². The van der Waals surface area contributed by atoms with Crippen molar-refractivity contribution >= 4 is 11.9 Å². The Balaban J connectivity index is 1.55. The maximum absolute atomic E-state index is 13.8. The van der Waals surface area contributed by atoms with Crippen LogP contribution >= 0.6 is 0 Å². The number of ether oxygens (including phenoxy) is 1. The molecule has 1 spiro atoms. The molecule has 29 heavy (non-hydrogen) atoms. The van der Waals surface area contributed by atoms with E-state index in [1.807, 2.05) is 66.7 Å². The van der Waals surface area contributed by atoms with E-state index >= 15 is 0 Å². The van der Waals surface area contributed by atoms with E-state index in [0.717, 1.165) is 48.8 Å². The van der Waals surface area contributed by atoms with Crippen molar-refractivity contribution in [1.29, 1.82) is 0 Å². The fourth-order valence-corrected chi connectivity index (χ4v) is 5.73. The number of allylic oxidation sites excluding steroid dienone is 1. The maximum Gasteiger partial charge on any atom is 0.169 e. The van der Waals surface area contributed by atoms with Gasteiger partial charge in [0.15, 0.2) is 11.6 Å². The summed E-state index contributed by atoms with van der Waals surface area (Å²) in [7, 11) is 0. The highest BCUT2D eigenvalue weighted by molar-refractivity contribution is 6.06. The molecule has 3 heteroatoms. The first-order valence-corrected chi connectivity index (χ1v) is 10.9. The van der Waals surface area contributed by atoms with E-state index in [9.17, 15) is 9.90 Å². The fourth-order valence-electron chi connectivity index (χ4n) is 5.73. The van der Waals surface area contributed by atoms with Crippen LogP contribution in [0.4, 0.5) is 0 Å². The second-order valence-electron chi connectivity index (χ2n) is 8.97. The van der Waals surface area contributed by atoms with Crippen LogP contribution in [0.15, 0.2) is 66.2 Å². The topological polar surface area (TPSA) is 46.5 Å². The van der Waals surface area contributed by atoms with Crippen LogP contribution in [0.1, 0.15) is 62.2 Å². The van der Waals surface area contributed by atoms with Crippen LogP contribution in [0.3, 0.4) is 0 Å². The Kier molecular flexibility index (Phi) is 4.68. The van der Waals surface area contributed by atoms with E-state index in [1.165, 1.54) is 0 Å². The lowest BCUT2D eigenvalue weighted by Gasteiger charge is -2.53. The lowest BCUT2D eigenvalue weighted by Crippen LogP contribution is -2.55. The van der Waals surface area contributed by atoms with E-state index in [0.29, 0.717) is 12.8 Å². The third-order valence-electron chi connectivity index (χ3n) is 7.24.